The number of amides is 2. The van der Waals surface area contributed by atoms with Crippen molar-refractivity contribution in [1.29, 1.82) is 0 Å². The summed E-state index contributed by atoms with van der Waals surface area (Å²) < 4.78 is 7.74. The minimum atomic E-state index is -0.411. The van der Waals surface area contributed by atoms with Gasteiger partial charge in [0.25, 0.3) is 0 Å². The monoisotopic (exact) mass is 426 g/mol. The van der Waals surface area contributed by atoms with Crippen molar-refractivity contribution in [1.82, 2.24) is 19.8 Å². The number of para-hydroxylation sites is 2. The second-order valence-corrected chi connectivity index (χ2v) is 7.64. The van der Waals surface area contributed by atoms with Gasteiger partial charge in [-0.2, -0.15) is 0 Å². The Hall–Kier alpha value is -3.06. The van der Waals surface area contributed by atoms with Gasteiger partial charge in [0.2, 0.25) is 11.8 Å². The molecule has 0 saturated carbocycles. The topological polar surface area (TPSA) is 76.5 Å². The normalized spacial score (nSPS) is 16.1. The van der Waals surface area contributed by atoms with Crippen molar-refractivity contribution < 1.29 is 14.3 Å². The van der Waals surface area contributed by atoms with Gasteiger partial charge in [-0.3, -0.25) is 9.59 Å². The van der Waals surface area contributed by atoms with Crippen LogP contribution in [-0.4, -0.2) is 45.9 Å². The predicted octanol–water partition coefficient (Wildman–Crippen LogP) is 3.01. The fraction of sp³-hybridized carbons (Fsp3) is 0.318. The van der Waals surface area contributed by atoms with Gasteiger partial charge < -0.3 is 19.5 Å². The Morgan fingerprint density at radius 3 is 2.73 bits per heavy atom. The maximum absolute atomic E-state index is 13.1. The number of fused-ring (bicyclic) bond motifs is 1. The summed E-state index contributed by atoms with van der Waals surface area (Å²) in [6.45, 7) is 0.899. The number of halogens is 1. The molecule has 7 nitrogen and oxygen atoms in total. The summed E-state index contributed by atoms with van der Waals surface area (Å²) in [5, 5.41) is 3.29. The van der Waals surface area contributed by atoms with Crippen LogP contribution >= 0.6 is 11.6 Å². The molecule has 1 aliphatic heterocycles. The third-order valence-corrected chi connectivity index (χ3v) is 5.58. The van der Waals surface area contributed by atoms with Crippen LogP contribution in [0.15, 0.2) is 48.5 Å². The number of carbonyl (C=O) groups is 2. The van der Waals surface area contributed by atoms with E-state index in [2.05, 4.69) is 10.3 Å². The Labute approximate surface area is 179 Å². The van der Waals surface area contributed by atoms with Crippen LogP contribution < -0.4 is 10.1 Å². The predicted molar refractivity (Wildman–Crippen MR) is 114 cm³/mol. The molecule has 2 aromatic carbocycles. The zero-order valence-corrected chi connectivity index (χ0v) is 17.4. The standard InChI is InChI=1S/C22H23ClN4O3/c1-24-22(29)19-7-4-12-26(19)21(28)13-27-18-6-3-2-5-17(18)25-20(27)14-30-16-10-8-15(23)9-11-16/h2-3,5-6,8-11,19H,4,7,12-14H2,1H3,(H,24,29). The number of likely N-dealkylation sites (tertiary alicyclic amines) is 1. The van der Waals surface area contributed by atoms with Gasteiger partial charge in [-0.15, -0.1) is 0 Å². The summed E-state index contributed by atoms with van der Waals surface area (Å²) in [4.78, 5) is 31.6. The van der Waals surface area contributed by atoms with E-state index in [9.17, 15) is 9.59 Å². The smallest absolute Gasteiger partial charge is 0.243 e. The maximum Gasteiger partial charge on any atom is 0.243 e. The van der Waals surface area contributed by atoms with Gasteiger partial charge >= 0.3 is 0 Å². The highest BCUT2D eigenvalue weighted by atomic mass is 35.5. The zero-order chi connectivity index (χ0) is 21.1. The molecule has 4 rings (SSSR count). The Morgan fingerprint density at radius 1 is 1.20 bits per heavy atom. The molecular formula is C22H23ClN4O3. The van der Waals surface area contributed by atoms with E-state index >= 15 is 0 Å². The average Bonchev–Trinajstić information content (AvgIpc) is 3.38. The number of likely N-dealkylation sites (N-methyl/N-ethyl adjacent to an activating group) is 1. The minimum absolute atomic E-state index is 0.100. The van der Waals surface area contributed by atoms with Gasteiger partial charge in [-0.05, 0) is 49.2 Å². The molecule has 1 atom stereocenters. The lowest BCUT2D eigenvalue weighted by Crippen LogP contribution is -2.46. The Bertz CT molecular complexity index is 1060. The van der Waals surface area contributed by atoms with Crippen molar-refractivity contribution in [3.05, 3.63) is 59.4 Å². The van der Waals surface area contributed by atoms with E-state index < -0.39 is 6.04 Å². The van der Waals surface area contributed by atoms with Gasteiger partial charge in [0.05, 0.1) is 11.0 Å². The van der Waals surface area contributed by atoms with Crippen molar-refractivity contribution in [3.63, 3.8) is 0 Å². The number of hydrogen-bond acceptors (Lipinski definition) is 4. The Morgan fingerprint density at radius 2 is 1.97 bits per heavy atom. The SMILES string of the molecule is CNC(=O)C1CCCN1C(=O)Cn1c(COc2ccc(Cl)cc2)nc2ccccc21. The van der Waals surface area contributed by atoms with Crippen molar-refractivity contribution in [2.24, 2.45) is 0 Å². The minimum Gasteiger partial charge on any atom is -0.486 e. The molecule has 2 amide bonds. The number of ether oxygens (including phenoxy) is 1. The lowest BCUT2D eigenvalue weighted by atomic mass is 10.2. The number of benzene rings is 2. The van der Waals surface area contributed by atoms with E-state index in [1.54, 1.807) is 36.2 Å². The Balaban J connectivity index is 1.57. The number of nitrogens with one attached hydrogen (secondary N) is 1. The molecule has 0 spiro atoms. The van der Waals surface area contributed by atoms with Crippen LogP contribution in [0.3, 0.4) is 0 Å². The lowest BCUT2D eigenvalue weighted by molar-refractivity contribution is -0.138. The second-order valence-electron chi connectivity index (χ2n) is 7.20. The molecule has 0 bridgehead atoms. The molecule has 8 heteroatoms. The first-order valence-electron chi connectivity index (χ1n) is 9.90. The molecule has 156 valence electrons. The van der Waals surface area contributed by atoms with E-state index in [1.807, 2.05) is 28.8 Å². The number of nitrogens with zero attached hydrogens (tertiary/aromatic N) is 3. The van der Waals surface area contributed by atoms with Crippen LogP contribution in [0.4, 0.5) is 0 Å². The molecule has 2 heterocycles. The molecule has 1 N–H and O–H groups in total. The van der Waals surface area contributed by atoms with Crippen LogP contribution in [0.25, 0.3) is 11.0 Å². The fourth-order valence-corrected chi connectivity index (χ4v) is 3.95. The van der Waals surface area contributed by atoms with Crippen LogP contribution in [0.5, 0.6) is 5.75 Å². The van der Waals surface area contributed by atoms with Crippen molar-refractivity contribution in [3.8, 4) is 5.75 Å². The molecular weight excluding hydrogens is 404 g/mol. The fourth-order valence-electron chi connectivity index (χ4n) is 3.82. The number of rotatable bonds is 6. The van der Waals surface area contributed by atoms with Crippen molar-refractivity contribution >= 4 is 34.4 Å². The van der Waals surface area contributed by atoms with Crippen LogP contribution in [-0.2, 0) is 22.7 Å². The highest BCUT2D eigenvalue weighted by Crippen LogP contribution is 2.22. The van der Waals surface area contributed by atoms with Gasteiger partial charge in [-0.1, -0.05) is 23.7 Å². The molecule has 3 aromatic rings. The van der Waals surface area contributed by atoms with E-state index in [4.69, 9.17) is 16.3 Å². The molecule has 0 aliphatic carbocycles. The number of aromatic nitrogens is 2. The van der Waals surface area contributed by atoms with E-state index in [1.165, 1.54) is 0 Å². The molecule has 1 aliphatic rings. The van der Waals surface area contributed by atoms with Crippen LogP contribution in [0.1, 0.15) is 18.7 Å². The van der Waals surface area contributed by atoms with Gasteiger partial charge in [0, 0.05) is 18.6 Å². The largest absolute Gasteiger partial charge is 0.486 e. The summed E-state index contributed by atoms with van der Waals surface area (Å²) in [5.74, 6) is 1.10. The van der Waals surface area contributed by atoms with Gasteiger partial charge in [-0.25, -0.2) is 4.98 Å². The third-order valence-electron chi connectivity index (χ3n) is 5.33. The van der Waals surface area contributed by atoms with Gasteiger partial charge in [0.1, 0.15) is 30.8 Å². The van der Waals surface area contributed by atoms with E-state index in [0.717, 1.165) is 17.5 Å². The first-order chi connectivity index (χ1) is 14.6. The van der Waals surface area contributed by atoms with Gasteiger partial charge in [0.15, 0.2) is 0 Å². The first kappa shape index (κ1) is 20.2. The summed E-state index contributed by atoms with van der Waals surface area (Å²) in [6, 6.07) is 14.4. The van der Waals surface area contributed by atoms with Crippen LogP contribution in [0, 0.1) is 0 Å². The lowest BCUT2D eigenvalue weighted by Gasteiger charge is -2.24. The molecule has 1 aromatic heterocycles. The highest BCUT2D eigenvalue weighted by Gasteiger charge is 2.33. The Kier molecular flexibility index (Phi) is 5.90. The molecule has 1 unspecified atom stereocenters. The second kappa shape index (κ2) is 8.75. The van der Waals surface area contributed by atoms with E-state index in [0.29, 0.717) is 29.6 Å². The molecule has 30 heavy (non-hydrogen) atoms. The first-order valence-corrected chi connectivity index (χ1v) is 10.3. The maximum atomic E-state index is 13.1. The summed E-state index contributed by atoms with van der Waals surface area (Å²) in [6.07, 6.45) is 1.50. The van der Waals surface area contributed by atoms with Crippen LogP contribution in [0.2, 0.25) is 5.02 Å². The molecule has 1 saturated heterocycles. The summed E-state index contributed by atoms with van der Waals surface area (Å²) in [5.41, 5.74) is 1.65. The third kappa shape index (κ3) is 4.11. The van der Waals surface area contributed by atoms with E-state index in [-0.39, 0.29) is 25.0 Å². The molecule has 1 fully saturated rings. The number of hydrogen-bond donors (Lipinski definition) is 1. The summed E-state index contributed by atoms with van der Waals surface area (Å²) in [7, 11) is 1.60. The highest BCUT2D eigenvalue weighted by molar-refractivity contribution is 6.30. The van der Waals surface area contributed by atoms with Crippen molar-refractivity contribution in [2.45, 2.75) is 32.0 Å². The number of imidazole rings is 1. The average molecular weight is 427 g/mol. The zero-order valence-electron chi connectivity index (χ0n) is 16.7. The van der Waals surface area contributed by atoms with Crippen molar-refractivity contribution in [2.75, 3.05) is 13.6 Å². The quantitative estimate of drug-likeness (QED) is 0.657. The number of carbonyl (C=O) groups excluding carboxylic acids is 2. The molecule has 0 radical (unpaired) electrons. The summed E-state index contributed by atoms with van der Waals surface area (Å²) >= 11 is 5.93.